The maximum absolute atomic E-state index is 13.9. The Balaban J connectivity index is 1.15. The Hall–Kier alpha value is -1.20. The first-order chi connectivity index (χ1) is 20.4. The average Bonchev–Trinajstić information content (AvgIpc) is 3.78. The molecule has 7 rings (SSSR count). The highest BCUT2D eigenvalue weighted by molar-refractivity contribution is 5.90. The van der Waals surface area contributed by atoms with Crippen LogP contribution in [0.2, 0.25) is 0 Å². The van der Waals surface area contributed by atoms with Crippen LogP contribution in [0, 0.1) is 44.8 Å². The van der Waals surface area contributed by atoms with E-state index in [-0.39, 0.29) is 63.7 Å². The van der Waals surface area contributed by atoms with Crippen molar-refractivity contribution in [2.45, 2.75) is 142 Å². The summed E-state index contributed by atoms with van der Waals surface area (Å²) in [5.41, 5.74) is -0.761. The number of fused-ring (bicyclic) bond motifs is 2. The van der Waals surface area contributed by atoms with Gasteiger partial charge < -0.3 is 34.6 Å². The number of allylic oxidation sites excluding steroid dienone is 1. The summed E-state index contributed by atoms with van der Waals surface area (Å²) in [6.45, 7) is 14.6. The molecule has 6 fully saturated rings. The lowest BCUT2D eigenvalue weighted by Gasteiger charge is -2.61. The highest BCUT2D eigenvalue weighted by Gasteiger charge is 2.84. The fraction of sp³-hybridized carbons (Fsp3) is 0.886. The lowest BCUT2D eigenvalue weighted by molar-refractivity contribution is -0.301. The van der Waals surface area contributed by atoms with Gasteiger partial charge in [0.05, 0.1) is 24.4 Å². The Morgan fingerprint density at radius 1 is 1.09 bits per heavy atom. The third-order valence-electron chi connectivity index (χ3n) is 14.4. The molecule has 44 heavy (non-hydrogen) atoms. The van der Waals surface area contributed by atoms with E-state index in [0.29, 0.717) is 19.3 Å². The first-order valence-corrected chi connectivity index (χ1v) is 16.8. The zero-order chi connectivity index (χ0) is 32.0. The molecule has 0 radical (unpaired) electrons. The second-order valence-electron chi connectivity index (χ2n) is 17.3. The molecule has 2 saturated heterocycles. The van der Waals surface area contributed by atoms with Gasteiger partial charge in [-0.15, -0.1) is 0 Å². The van der Waals surface area contributed by atoms with E-state index in [1.165, 1.54) is 5.57 Å². The fourth-order valence-electron chi connectivity index (χ4n) is 11.9. The van der Waals surface area contributed by atoms with Gasteiger partial charge in [0, 0.05) is 29.6 Å². The molecule has 0 aromatic heterocycles. The van der Waals surface area contributed by atoms with Crippen molar-refractivity contribution in [3.05, 3.63) is 11.6 Å². The van der Waals surface area contributed by atoms with Crippen LogP contribution in [0.25, 0.3) is 0 Å². The third kappa shape index (κ3) is 3.84. The minimum absolute atomic E-state index is 0.0687. The maximum atomic E-state index is 13.9. The van der Waals surface area contributed by atoms with Gasteiger partial charge in [0.1, 0.15) is 30.2 Å². The predicted molar refractivity (Wildman–Crippen MR) is 159 cm³/mol. The lowest BCUT2D eigenvalue weighted by Crippen LogP contribution is -2.59. The van der Waals surface area contributed by atoms with Gasteiger partial charge in [-0.05, 0) is 74.0 Å². The molecule has 2 spiro atoms. The van der Waals surface area contributed by atoms with E-state index in [2.05, 4.69) is 33.8 Å². The van der Waals surface area contributed by atoms with E-state index in [0.717, 1.165) is 25.7 Å². The van der Waals surface area contributed by atoms with Crippen LogP contribution in [0.4, 0.5) is 0 Å². The maximum Gasteiger partial charge on any atom is 0.186 e. The predicted octanol–water partition coefficient (Wildman–Crippen LogP) is 3.09. The Labute approximate surface area is 260 Å². The minimum Gasteiger partial charge on any atom is -0.392 e. The summed E-state index contributed by atoms with van der Waals surface area (Å²) >= 11 is 0. The summed E-state index contributed by atoms with van der Waals surface area (Å²) in [6.07, 6.45) is 0.934. The van der Waals surface area contributed by atoms with Crippen molar-refractivity contribution in [1.82, 2.24) is 0 Å². The molecule has 4 saturated carbocycles. The van der Waals surface area contributed by atoms with Gasteiger partial charge in [-0.1, -0.05) is 46.3 Å². The summed E-state index contributed by atoms with van der Waals surface area (Å²) in [5.74, 6) is 0.0812. The molecule has 0 unspecified atom stereocenters. The van der Waals surface area contributed by atoms with Crippen LogP contribution < -0.4 is 0 Å². The van der Waals surface area contributed by atoms with E-state index >= 15 is 0 Å². The summed E-state index contributed by atoms with van der Waals surface area (Å²) in [7, 11) is 0. The summed E-state index contributed by atoms with van der Waals surface area (Å²) in [4.78, 5) is 27.0. The molecule has 2 aliphatic heterocycles. The van der Waals surface area contributed by atoms with Crippen molar-refractivity contribution in [1.29, 1.82) is 0 Å². The van der Waals surface area contributed by atoms with Crippen LogP contribution in [-0.2, 0) is 23.8 Å². The lowest BCUT2D eigenvalue weighted by atomic mass is 9.44. The van der Waals surface area contributed by atoms with E-state index in [9.17, 15) is 30.0 Å². The first-order valence-electron chi connectivity index (χ1n) is 16.8. The van der Waals surface area contributed by atoms with Crippen LogP contribution in [0.15, 0.2) is 11.6 Å². The van der Waals surface area contributed by atoms with Gasteiger partial charge in [-0.3, -0.25) is 9.59 Å². The first kappa shape index (κ1) is 31.4. The van der Waals surface area contributed by atoms with Crippen molar-refractivity contribution in [3.8, 4) is 0 Å². The number of carbonyl (C=O) groups is 2. The number of rotatable bonds is 6. The highest BCUT2D eigenvalue weighted by atomic mass is 16.7. The number of epoxide rings is 1. The number of Topliss-reactive ketones (excluding diaryl/α,β-unsaturated/α-hetero) is 2. The zero-order valence-electron chi connectivity index (χ0n) is 27.3. The number of hydrogen-bond donors (Lipinski definition) is 4. The van der Waals surface area contributed by atoms with Crippen molar-refractivity contribution in [2.75, 3.05) is 6.61 Å². The van der Waals surface area contributed by atoms with E-state index in [1.54, 1.807) is 0 Å². The van der Waals surface area contributed by atoms with Gasteiger partial charge in [0.15, 0.2) is 12.1 Å². The van der Waals surface area contributed by atoms with Gasteiger partial charge in [0.2, 0.25) is 0 Å². The highest BCUT2D eigenvalue weighted by Crippen LogP contribution is 2.87. The third-order valence-corrected chi connectivity index (χ3v) is 14.4. The van der Waals surface area contributed by atoms with E-state index < -0.39 is 47.8 Å². The Bertz CT molecular complexity index is 1290. The Morgan fingerprint density at radius 3 is 2.43 bits per heavy atom. The molecule has 0 amide bonds. The minimum atomic E-state index is -1.33. The molecule has 7 aliphatic rings. The van der Waals surface area contributed by atoms with Crippen LogP contribution in [0.3, 0.4) is 0 Å². The molecule has 14 atom stereocenters. The molecule has 5 aliphatic carbocycles. The van der Waals surface area contributed by atoms with Gasteiger partial charge >= 0.3 is 0 Å². The van der Waals surface area contributed by atoms with Crippen LogP contribution in [0.1, 0.15) is 93.4 Å². The van der Waals surface area contributed by atoms with Gasteiger partial charge in [0.25, 0.3) is 0 Å². The van der Waals surface area contributed by atoms with Crippen LogP contribution >= 0.6 is 0 Å². The molecule has 4 N–H and O–H groups in total. The van der Waals surface area contributed by atoms with Gasteiger partial charge in [-0.2, -0.15) is 0 Å². The molecule has 9 nitrogen and oxygen atoms in total. The monoisotopic (exact) mass is 616 g/mol. The van der Waals surface area contributed by atoms with Crippen molar-refractivity contribution >= 4 is 11.6 Å². The van der Waals surface area contributed by atoms with Crippen molar-refractivity contribution < 1.29 is 44.2 Å². The quantitative estimate of drug-likeness (QED) is 0.261. The van der Waals surface area contributed by atoms with Crippen LogP contribution in [-0.4, -0.2) is 87.1 Å². The molecule has 246 valence electrons. The van der Waals surface area contributed by atoms with E-state index in [1.807, 2.05) is 20.8 Å². The Kier molecular flexibility index (Phi) is 6.75. The summed E-state index contributed by atoms with van der Waals surface area (Å²) in [5, 5.41) is 42.9. The topological polar surface area (TPSA) is 146 Å². The smallest absolute Gasteiger partial charge is 0.186 e. The Morgan fingerprint density at radius 2 is 1.77 bits per heavy atom. The fourth-order valence-corrected chi connectivity index (χ4v) is 11.9. The number of aliphatic hydroxyl groups is 4. The molecule has 0 aromatic carbocycles. The standard InChI is InChI=1S/C35H52O9/c1-17(12-18(36)28-31(4,5)44-28)25-19(37)13-32(6)22-9-8-21-30(2,3)24(43-29-27(41)26(40)20(38)15-42-29)10-11-34(21)16-35(22,34)23(39)14-33(25,32)7/h9,17,20-21,23-29,38-41H,8,10-16H2,1-7H3/t17-,20+,21-,23+,24-,25-,26+,27+,28+,29+,32-,33+,34+,35-/m1/s1. The average molecular weight is 617 g/mol. The second-order valence-corrected chi connectivity index (χ2v) is 17.3. The number of aliphatic hydroxyl groups excluding tert-OH is 4. The number of ether oxygens (including phenoxy) is 3. The van der Waals surface area contributed by atoms with Crippen molar-refractivity contribution in [3.63, 3.8) is 0 Å². The summed E-state index contributed by atoms with van der Waals surface area (Å²) < 4.78 is 17.6. The molecule has 9 heteroatoms. The van der Waals surface area contributed by atoms with Gasteiger partial charge in [-0.25, -0.2) is 0 Å². The largest absolute Gasteiger partial charge is 0.392 e. The molecule has 0 bridgehead atoms. The number of hydrogen-bond acceptors (Lipinski definition) is 9. The molecule has 2 heterocycles. The molecular formula is C35H52O9. The zero-order valence-corrected chi connectivity index (χ0v) is 27.3. The molecular weight excluding hydrogens is 564 g/mol. The van der Waals surface area contributed by atoms with E-state index in [4.69, 9.17) is 14.2 Å². The number of ketones is 2. The SMILES string of the molecule is C[C@H](CC(=O)[C@@H]1OC1(C)C)[C@@H]1C(=O)C[C@]2(C)C3=CC[C@@H]4C(C)(C)[C@H](O[C@@H]5OC[C@H](O)[C@H](O)[C@@H]5O)CC[C@]45C[C@]35[C@@H](O)C[C@@]12C. The number of carbonyl (C=O) groups excluding carboxylic acids is 2. The molecule has 0 aromatic rings. The van der Waals surface area contributed by atoms with Crippen LogP contribution in [0.5, 0.6) is 0 Å². The summed E-state index contributed by atoms with van der Waals surface area (Å²) in [6, 6.07) is 0. The van der Waals surface area contributed by atoms with Crippen molar-refractivity contribution in [2.24, 2.45) is 44.8 Å². The normalized spacial score (nSPS) is 53.8. The second kappa shape index (κ2) is 9.45.